The molecule has 18 heavy (non-hydrogen) atoms. The molecule has 0 aliphatic carbocycles. The van der Waals surface area contributed by atoms with E-state index in [1.165, 1.54) is 12.3 Å². The van der Waals surface area contributed by atoms with Crippen LogP contribution in [-0.2, 0) is 11.3 Å². The lowest BCUT2D eigenvalue weighted by Crippen LogP contribution is -2.51. The highest BCUT2D eigenvalue weighted by molar-refractivity contribution is 4.89. The first kappa shape index (κ1) is 14.9. The topological polar surface area (TPSA) is 56.2 Å². The molecule has 1 rings (SSSR count). The zero-order valence-electron chi connectivity index (χ0n) is 11.6. The Morgan fingerprint density at radius 1 is 1.56 bits per heavy atom. The molecule has 0 saturated heterocycles. The van der Waals surface area contributed by atoms with E-state index < -0.39 is 0 Å². The van der Waals surface area contributed by atoms with Crippen molar-refractivity contribution in [2.75, 3.05) is 13.7 Å². The van der Waals surface area contributed by atoms with Gasteiger partial charge in [0.2, 0.25) is 0 Å². The summed E-state index contributed by atoms with van der Waals surface area (Å²) in [7, 11) is 1.69. The quantitative estimate of drug-likeness (QED) is 0.789. The number of aromatic nitrogens is 2. The Kier molecular flexibility index (Phi) is 5.50. The second-order valence-electron chi connectivity index (χ2n) is 4.89. The summed E-state index contributed by atoms with van der Waals surface area (Å²) in [6, 6.07) is 1.53. The molecule has 0 radical (unpaired) electrons. The summed E-state index contributed by atoms with van der Waals surface area (Å²) in [6.45, 7) is 7.59. The van der Waals surface area contributed by atoms with Gasteiger partial charge in [-0.15, -0.1) is 0 Å². The van der Waals surface area contributed by atoms with Crippen molar-refractivity contribution in [1.29, 1.82) is 0 Å². The minimum atomic E-state index is -0.343. The van der Waals surface area contributed by atoms with Gasteiger partial charge in [0.25, 0.3) is 5.56 Å². The van der Waals surface area contributed by atoms with Gasteiger partial charge in [0.1, 0.15) is 0 Å². The van der Waals surface area contributed by atoms with Gasteiger partial charge in [0.15, 0.2) is 0 Å². The lowest BCUT2D eigenvalue weighted by Gasteiger charge is -2.34. The van der Waals surface area contributed by atoms with Crippen LogP contribution in [-0.4, -0.2) is 34.8 Å². The predicted octanol–water partition coefficient (Wildman–Crippen LogP) is 1.04. The second-order valence-corrected chi connectivity index (χ2v) is 4.89. The molecule has 0 spiro atoms. The summed E-state index contributed by atoms with van der Waals surface area (Å²) >= 11 is 0. The Labute approximate surface area is 108 Å². The number of nitrogens with one attached hydrogen (secondary N) is 1. The maximum absolute atomic E-state index is 11.7. The van der Waals surface area contributed by atoms with Crippen molar-refractivity contribution >= 4 is 0 Å². The fourth-order valence-electron chi connectivity index (χ4n) is 1.70. The molecule has 0 saturated carbocycles. The summed E-state index contributed by atoms with van der Waals surface area (Å²) in [6.07, 6.45) is 4.11. The van der Waals surface area contributed by atoms with E-state index in [1.807, 2.05) is 13.8 Å². The minimum Gasteiger partial charge on any atom is -0.377 e. The Bertz CT molecular complexity index is 415. The van der Waals surface area contributed by atoms with Crippen LogP contribution in [0.25, 0.3) is 0 Å². The first-order chi connectivity index (χ1) is 8.51. The molecular weight excluding hydrogens is 230 g/mol. The van der Waals surface area contributed by atoms with Crippen LogP contribution in [0.3, 0.4) is 0 Å². The van der Waals surface area contributed by atoms with Crippen LogP contribution < -0.4 is 10.9 Å². The average molecular weight is 253 g/mol. The van der Waals surface area contributed by atoms with E-state index in [0.29, 0.717) is 6.54 Å². The highest BCUT2D eigenvalue weighted by Gasteiger charge is 2.29. The van der Waals surface area contributed by atoms with Crippen molar-refractivity contribution in [3.05, 3.63) is 28.9 Å². The van der Waals surface area contributed by atoms with Crippen LogP contribution in [0.5, 0.6) is 0 Å². The van der Waals surface area contributed by atoms with E-state index in [4.69, 9.17) is 4.74 Å². The molecule has 0 fully saturated rings. The summed E-state index contributed by atoms with van der Waals surface area (Å²) in [5, 5.41) is 3.42. The van der Waals surface area contributed by atoms with Crippen LogP contribution in [0.4, 0.5) is 0 Å². The largest absolute Gasteiger partial charge is 0.377 e. The van der Waals surface area contributed by atoms with Crippen molar-refractivity contribution in [1.82, 2.24) is 14.9 Å². The van der Waals surface area contributed by atoms with E-state index in [-0.39, 0.29) is 17.2 Å². The fourth-order valence-corrected chi connectivity index (χ4v) is 1.70. The molecule has 1 aromatic heterocycles. The highest BCUT2D eigenvalue weighted by atomic mass is 16.5. The Hall–Kier alpha value is -1.20. The SMILES string of the molecule is CCCNC(Cn1cnccc1=O)C(C)(C)OC. The fraction of sp³-hybridized carbons (Fsp3) is 0.692. The molecule has 1 atom stereocenters. The molecule has 1 N–H and O–H groups in total. The average Bonchev–Trinajstić information content (AvgIpc) is 2.36. The zero-order chi connectivity index (χ0) is 13.6. The van der Waals surface area contributed by atoms with Gasteiger partial charge in [-0.2, -0.15) is 0 Å². The number of rotatable bonds is 7. The molecule has 1 aromatic rings. The number of nitrogens with zero attached hydrogens (tertiary/aromatic N) is 2. The van der Waals surface area contributed by atoms with Crippen LogP contribution in [0.1, 0.15) is 27.2 Å². The normalized spacial score (nSPS) is 13.6. The van der Waals surface area contributed by atoms with Gasteiger partial charge in [-0.25, -0.2) is 4.98 Å². The second kappa shape index (κ2) is 6.66. The molecule has 1 unspecified atom stereocenters. The maximum atomic E-state index is 11.7. The molecular formula is C13H23N3O2. The molecule has 5 heteroatoms. The Balaban J connectivity index is 2.85. The number of methoxy groups -OCH3 is 1. The Morgan fingerprint density at radius 2 is 2.28 bits per heavy atom. The lowest BCUT2D eigenvalue weighted by molar-refractivity contribution is -0.0151. The molecule has 0 aromatic carbocycles. The summed E-state index contributed by atoms with van der Waals surface area (Å²) in [4.78, 5) is 15.7. The molecule has 5 nitrogen and oxygen atoms in total. The van der Waals surface area contributed by atoms with Crippen LogP contribution in [0.15, 0.2) is 23.4 Å². The third-order valence-electron chi connectivity index (χ3n) is 3.18. The first-order valence-electron chi connectivity index (χ1n) is 6.30. The van der Waals surface area contributed by atoms with E-state index in [2.05, 4.69) is 17.2 Å². The van der Waals surface area contributed by atoms with Gasteiger partial charge < -0.3 is 10.1 Å². The van der Waals surface area contributed by atoms with Gasteiger partial charge in [-0.1, -0.05) is 6.92 Å². The van der Waals surface area contributed by atoms with Crippen LogP contribution >= 0.6 is 0 Å². The molecule has 102 valence electrons. The Morgan fingerprint density at radius 3 is 2.83 bits per heavy atom. The number of hydrogen-bond donors (Lipinski definition) is 1. The van der Waals surface area contributed by atoms with Gasteiger partial charge in [-0.05, 0) is 26.8 Å². The van der Waals surface area contributed by atoms with Gasteiger partial charge in [0.05, 0.1) is 18.0 Å². The summed E-state index contributed by atoms with van der Waals surface area (Å²) in [5.41, 5.74) is -0.384. The summed E-state index contributed by atoms with van der Waals surface area (Å²) < 4.78 is 7.12. The third-order valence-corrected chi connectivity index (χ3v) is 3.18. The van der Waals surface area contributed by atoms with E-state index in [1.54, 1.807) is 18.0 Å². The maximum Gasteiger partial charge on any atom is 0.253 e. The standard InChI is InChI=1S/C13H23N3O2/c1-5-7-15-11(13(2,3)18-4)9-16-10-14-8-6-12(16)17/h6,8,10-11,15H,5,7,9H2,1-4H3. The number of ether oxygens (including phenoxy) is 1. The predicted molar refractivity (Wildman–Crippen MR) is 71.7 cm³/mol. The molecule has 0 bridgehead atoms. The van der Waals surface area contributed by atoms with Gasteiger partial charge >= 0.3 is 0 Å². The monoisotopic (exact) mass is 253 g/mol. The van der Waals surface area contributed by atoms with Gasteiger partial charge in [0, 0.05) is 25.9 Å². The van der Waals surface area contributed by atoms with Crippen LogP contribution in [0.2, 0.25) is 0 Å². The van der Waals surface area contributed by atoms with Crippen molar-refractivity contribution in [3.63, 3.8) is 0 Å². The van der Waals surface area contributed by atoms with Crippen molar-refractivity contribution in [2.45, 2.75) is 45.4 Å². The van der Waals surface area contributed by atoms with Crippen LogP contribution in [0, 0.1) is 0 Å². The van der Waals surface area contributed by atoms with E-state index in [9.17, 15) is 4.79 Å². The molecule has 1 heterocycles. The molecule has 0 aliphatic rings. The molecule has 0 amide bonds. The first-order valence-corrected chi connectivity index (χ1v) is 6.30. The van der Waals surface area contributed by atoms with E-state index >= 15 is 0 Å². The van der Waals surface area contributed by atoms with E-state index in [0.717, 1.165) is 13.0 Å². The smallest absolute Gasteiger partial charge is 0.253 e. The zero-order valence-corrected chi connectivity index (χ0v) is 11.6. The highest BCUT2D eigenvalue weighted by Crippen LogP contribution is 2.15. The van der Waals surface area contributed by atoms with Crippen molar-refractivity contribution in [3.8, 4) is 0 Å². The van der Waals surface area contributed by atoms with Gasteiger partial charge in [-0.3, -0.25) is 9.36 Å². The van der Waals surface area contributed by atoms with Crippen molar-refractivity contribution < 1.29 is 4.74 Å². The summed E-state index contributed by atoms with van der Waals surface area (Å²) in [5.74, 6) is 0. The lowest BCUT2D eigenvalue weighted by atomic mass is 9.98. The number of hydrogen-bond acceptors (Lipinski definition) is 4. The van der Waals surface area contributed by atoms with Crippen molar-refractivity contribution in [2.24, 2.45) is 0 Å². The molecule has 0 aliphatic heterocycles. The third kappa shape index (κ3) is 3.92. The minimum absolute atomic E-state index is 0.0415.